The molecule has 0 aliphatic heterocycles. The average Bonchev–Trinajstić information content (AvgIpc) is 3.33. The number of aromatic nitrogens is 1. The van der Waals surface area contributed by atoms with Crippen molar-refractivity contribution < 1.29 is 26.7 Å². The van der Waals surface area contributed by atoms with Gasteiger partial charge in [0.15, 0.2) is 0 Å². The molecule has 3 rings (SSSR count). The maximum absolute atomic E-state index is 14.1. The van der Waals surface area contributed by atoms with Gasteiger partial charge in [0, 0.05) is 6.07 Å². The van der Waals surface area contributed by atoms with Crippen LogP contribution in [0, 0.1) is 11.6 Å². The van der Waals surface area contributed by atoms with E-state index >= 15 is 0 Å². The molecule has 0 spiro atoms. The number of rotatable bonds is 5. The topological polar surface area (TPSA) is 80.0 Å². The Kier molecular flexibility index (Phi) is 4.77. The molecule has 1 aromatic carbocycles. The molecule has 1 amide bonds. The number of nitrogens with two attached hydrogens (primary N) is 1. The molecule has 10 heteroatoms. The molecule has 144 valence electrons. The van der Waals surface area contributed by atoms with Gasteiger partial charge in [-0.3, -0.25) is 9.78 Å². The molecule has 1 aliphatic rings. The van der Waals surface area contributed by atoms with Gasteiger partial charge in [-0.2, -0.15) is 13.2 Å². The monoisotopic (exact) mass is 386 g/mol. The van der Waals surface area contributed by atoms with E-state index in [-0.39, 0.29) is 17.9 Å². The molecule has 0 saturated heterocycles. The molecule has 0 bridgehead atoms. The van der Waals surface area contributed by atoms with Gasteiger partial charge in [-0.1, -0.05) is 6.07 Å². The molecule has 5 nitrogen and oxygen atoms in total. The minimum absolute atomic E-state index is 0.122. The van der Waals surface area contributed by atoms with Gasteiger partial charge in [0.1, 0.15) is 11.6 Å². The number of nitrogens with zero attached hydrogens (tertiary/aromatic N) is 1. The first-order valence-corrected chi connectivity index (χ1v) is 7.94. The summed E-state index contributed by atoms with van der Waals surface area (Å²) in [6.07, 6.45) is -2.66. The van der Waals surface area contributed by atoms with Gasteiger partial charge in [-0.25, -0.2) is 8.78 Å². The Bertz CT molecular complexity index is 880. The highest BCUT2D eigenvalue weighted by molar-refractivity contribution is 5.88. The lowest BCUT2D eigenvalue weighted by Gasteiger charge is -2.15. The number of nitrogens with one attached hydrogen (secondary N) is 2. The van der Waals surface area contributed by atoms with Gasteiger partial charge in [0.2, 0.25) is 5.91 Å². The Hall–Kier alpha value is -2.75. The number of para-hydroxylation sites is 1. The molecule has 1 aromatic heterocycles. The number of carbonyl (C=O) groups is 1. The fourth-order valence-electron chi connectivity index (χ4n) is 2.40. The SMILES string of the molecule is NC1(C(=O)NCc2ncc(Nc3c(F)cccc3C(F)(F)F)cc2F)CC1. The number of benzene rings is 1. The lowest BCUT2D eigenvalue weighted by molar-refractivity contribution is -0.137. The Morgan fingerprint density at radius 1 is 1.22 bits per heavy atom. The van der Waals surface area contributed by atoms with Gasteiger partial charge in [0.25, 0.3) is 0 Å². The minimum Gasteiger partial charge on any atom is -0.351 e. The number of anilines is 2. The van der Waals surface area contributed by atoms with Crippen molar-refractivity contribution in [3.05, 3.63) is 53.4 Å². The Balaban J connectivity index is 1.76. The van der Waals surface area contributed by atoms with Gasteiger partial charge in [-0.15, -0.1) is 0 Å². The summed E-state index contributed by atoms with van der Waals surface area (Å²) < 4.78 is 67.0. The molecule has 1 heterocycles. The van der Waals surface area contributed by atoms with Crippen LogP contribution in [0.2, 0.25) is 0 Å². The number of hydrogen-bond acceptors (Lipinski definition) is 4. The van der Waals surface area contributed by atoms with Gasteiger partial charge in [0.05, 0.1) is 40.9 Å². The lowest BCUT2D eigenvalue weighted by atomic mass is 10.1. The predicted molar refractivity (Wildman–Crippen MR) is 86.9 cm³/mol. The van der Waals surface area contributed by atoms with Crippen LogP contribution in [0.5, 0.6) is 0 Å². The van der Waals surface area contributed by atoms with Crippen molar-refractivity contribution in [2.24, 2.45) is 5.73 Å². The molecule has 1 aliphatic carbocycles. The summed E-state index contributed by atoms with van der Waals surface area (Å²) in [6, 6.07) is 3.36. The third-order valence-electron chi connectivity index (χ3n) is 4.16. The normalized spacial score (nSPS) is 15.3. The molecule has 0 radical (unpaired) electrons. The second-order valence-electron chi connectivity index (χ2n) is 6.28. The summed E-state index contributed by atoms with van der Waals surface area (Å²) in [5.74, 6) is -2.43. The number of carbonyl (C=O) groups excluding carboxylic acids is 1. The van der Waals surface area contributed by atoms with Crippen molar-refractivity contribution in [1.29, 1.82) is 0 Å². The molecule has 4 N–H and O–H groups in total. The van der Waals surface area contributed by atoms with E-state index in [1.807, 2.05) is 0 Å². The van der Waals surface area contributed by atoms with Crippen molar-refractivity contribution in [2.45, 2.75) is 31.1 Å². The quantitative estimate of drug-likeness (QED) is 0.690. The predicted octanol–water partition coefficient (Wildman–Crippen LogP) is 3.23. The smallest absolute Gasteiger partial charge is 0.351 e. The zero-order valence-corrected chi connectivity index (χ0v) is 13.8. The third-order valence-corrected chi connectivity index (χ3v) is 4.16. The van der Waals surface area contributed by atoms with E-state index in [2.05, 4.69) is 15.6 Å². The van der Waals surface area contributed by atoms with Crippen molar-refractivity contribution in [2.75, 3.05) is 5.32 Å². The summed E-state index contributed by atoms with van der Waals surface area (Å²) >= 11 is 0. The summed E-state index contributed by atoms with van der Waals surface area (Å²) in [5.41, 5.74) is 2.44. The fraction of sp³-hybridized carbons (Fsp3) is 0.294. The highest BCUT2D eigenvalue weighted by atomic mass is 19.4. The lowest BCUT2D eigenvalue weighted by Crippen LogP contribution is -2.42. The third kappa shape index (κ3) is 4.16. The van der Waals surface area contributed by atoms with E-state index in [1.165, 1.54) is 0 Å². The van der Waals surface area contributed by atoms with Crippen LogP contribution in [0.1, 0.15) is 24.1 Å². The summed E-state index contributed by atoms with van der Waals surface area (Å²) in [4.78, 5) is 15.5. The summed E-state index contributed by atoms with van der Waals surface area (Å²) in [5, 5.41) is 4.66. The number of hydrogen-bond donors (Lipinski definition) is 3. The van der Waals surface area contributed by atoms with Crippen LogP contribution in [0.3, 0.4) is 0 Å². The first-order valence-electron chi connectivity index (χ1n) is 7.94. The molecular formula is C17H15F5N4O. The highest BCUT2D eigenvalue weighted by Gasteiger charge is 2.45. The molecule has 1 fully saturated rings. The highest BCUT2D eigenvalue weighted by Crippen LogP contribution is 2.37. The van der Waals surface area contributed by atoms with Gasteiger partial charge in [-0.05, 0) is 25.0 Å². The second-order valence-corrected chi connectivity index (χ2v) is 6.28. The number of amides is 1. The molecule has 0 atom stereocenters. The van der Waals surface area contributed by atoms with Crippen LogP contribution < -0.4 is 16.4 Å². The largest absolute Gasteiger partial charge is 0.418 e. The first kappa shape index (κ1) is 19.0. The Labute approximate surface area is 150 Å². The van der Waals surface area contributed by atoms with Crippen LogP contribution in [0.4, 0.5) is 33.3 Å². The van der Waals surface area contributed by atoms with Crippen LogP contribution in [-0.4, -0.2) is 16.4 Å². The van der Waals surface area contributed by atoms with E-state index in [4.69, 9.17) is 5.73 Å². The Morgan fingerprint density at radius 3 is 2.52 bits per heavy atom. The molecule has 1 saturated carbocycles. The minimum atomic E-state index is -4.79. The number of alkyl halides is 3. The molecule has 0 unspecified atom stereocenters. The summed E-state index contributed by atoms with van der Waals surface area (Å²) in [6.45, 7) is -0.225. The van der Waals surface area contributed by atoms with E-state index in [9.17, 15) is 26.7 Å². The van der Waals surface area contributed by atoms with Gasteiger partial charge < -0.3 is 16.4 Å². The number of pyridine rings is 1. The van der Waals surface area contributed by atoms with Crippen molar-refractivity contribution in [3.63, 3.8) is 0 Å². The van der Waals surface area contributed by atoms with Crippen molar-refractivity contribution in [3.8, 4) is 0 Å². The molecule has 27 heavy (non-hydrogen) atoms. The van der Waals surface area contributed by atoms with E-state index < -0.39 is 40.5 Å². The van der Waals surface area contributed by atoms with Crippen LogP contribution in [0.15, 0.2) is 30.5 Å². The summed E-state index contributed by atoms with van der Waals surface area (Å²) in [7, 11) is 0. The number of halogens is 5. The molecular weight excluding hydrogens is 371 g/mol. The van der Waals surface area contributed by atoms with Crippen LogP contribution in [0.25, 0.3) is 0 Å². The van der Waals surface area contributed by atoms with E-state index in [0.717, 1.165) is 24.4 Å². The fourth-order valence-corrected chi connectivity index (χ4v) is 2.40. The van der Waals surface area contributed by atoms with Crippen molar-refractivity contribution in [1.82, 2.24) is 10.3 Å². The van der Waals surface area contributed by atoms with E-state index in [1.54, 1.807) is 0 Å². The van der Waals surface area contributed by atoms with Crippen LogP contribution in [-0.2, 0) is 17.5 Å². The maximum atomic E-state index is 14.1. The average molecular weight is 386 g/mol. The molecule has 2 aromatic rings. The zero-order chi connectivity index (χ0) is 19.8. The van der Waals surface area contributed by atoms with Gasteiger partial charge >= 0.3 is 6.18 Å². The standard InChI is InChI=1S/C17H15F5N4O/c18-11-3-1-2-10(17(20,21)22)14(11)26-9-6-12(19)13(24-7-9)8-25-15(27)16(23)4-5-16/h1-3,6-7,26H,4-5,8,23H2,(H,25,27). The first-order chi connectivity index (χ1) is 12.6. The zero-order valence-electron chi connectivity index (χ0n) is 13.8. The van der Waals surface area contributed by atoms with Crippen molar-refractivity contribution >= 4 is 17.3 Å². The van der Waals surface area contributed by atoms with Crippen LogP contribution >= 0.6 is 0 Å². The second kappa shape index (κ2) is 6.76. The Morgan fingerprint density at radius 2 is 1.93 bits per heavy atom. The van der Waals surface area contributed by atoms with E-state index in [0.29, 0.717) is 18.9 Å². The maximum Gasteiger partial charge on any atom is 0.418 e.